The summed E-state index contributed by atoms with van der Waals surface area (Å²) in [5, 5.41) is 12.6. The average molecular weight is 494 g/mol. The van der Waals surface area contributed by atoms with Crippen LogP contribution in [0.4, 0.5) is 5.82 Å². The summed E-state index contributed by atoms with van der Waals surface area (Å²) in [6.07, 6.45) is 2.41. The van der Waals surface area contributed by atoms with Crippen LogP contribution in [0.15, 0.2) is 41.7 Å². The number of amides is 1. The number of halogens is 2. The molecule has 0 atom stereocenters. The van der Waals surface area contributed by atoms with Gasteiger partial charge >= 0.3 is 0 Å². The lowest BCUT2D eigenvalue weighted by Gasteiger charge is -2.13. The molecule has 0 aliphatic rings. The zero-order chi connectivity index (χ0) is 23.1. The van der Waals surface area contributed by atoms with Gasteiger partial charge in [-0.2, -0.15) is 0 Å². The summed E-state index contributed by atoms with van der Waals surface area (Å²) in [4.78, 5) is 16.4. The Morgan fingerprint density at radius 1 is 1.22 bits per heavy atom. The molecule has 1 amide bonds. The van der Waals surface area contributed by atoms with Crippen LogP contribution in [0.3, 0.4) is 0 Å². The molecule has 1 aromatic carbocycles. The maximum atomic E-state index is 12.4. The van der Waals surface area contributed by atoms with Crippen molar-refractivity contribution in [2.75, 3.05) is 11.1 Å². The van der Waals surface area contributed by atoms with Crippen LogP contribution in [-0.4, -0.2) is 31.4 Å². The van der Waals surface area contributed by atoms with Crippen LogP contribution < -0.4 is 10.1 Å². The zero-order valence-electron chi connectivity index (χ0n) is 18.1. The molecular formula is C22H25Cl2N5O2S. The Hall–Kier alpha value is -2.29. The summed E-state index contributed by atoms with van der Waals surface area (Å²) < 4.78 is 7.91. The van der Waals surface area contributed by atoms with Crippen LogP contribution in [0.25, 0.3) is 0 Å². The first-order valence-electron chi connectivity index (χ1n) is 10.2. The number of hydrogen-bond acceptors (Lipinski definition) is 6. The number of pyridine rings is 1. The molecular weight excluding hydrogens is 469 g/mol. The predicted molar refractivity (Wildman–Crippen MR) is 129 cm³/mol. The van der Waals surface area contributed by atoms with Crippen LogP contribution in [0.2, 0.25) is 10.0 Å². The fourth-order valence-corrected chi connectivity index (χ4v) is 4.05. The molecule has 0 spiro atoms. The summed E-state index contributed by atoms with van der Waals surface area (Å²) in [7, 11) is 0. The van der Waals surface area contributed by atoms with Gasteiger partial charge in [-0.05, 0) is 36.1 Å². The van der Waals surface area contributed by atoms with Crippen LogP contribution in [0, 0.1) is 5.92 Å². The molecule has 0 fully saturated rings. The molecule has 0 aliphatic heterocycles. The van der Waals surface area contributed by atoms with Crippen LogP contribution in [0.1, 0.15) is 32.2 Å². The highest BCUT2D eigenvalue weighted by molar-refractivity contribution is 7.99. The number of aryl methyl sites for hydroxylation is 1. The molecule has 0 bridgehead atoms. The minimum atomic E-state index is -0.250. The number of ether oxygens (including phenoxy) is 1. The van der Waals surface area contributed by atoms with Crippen molar-refractivity contribution in [2.24, 2.45) is 5.92 Å². The SMILES string of the molecule is CCc1ccc(OCc2nnc(SCC(=O)Nc3ncc(Cl)cc3Cl)n2CC(C)C)cc1. The molecule has 0 radical (unpaired) electrons. The van der Waals surface area contributed by atoms with Gasteiger partial charge in [0.2, 0.25) is 5.91 Å². The van der Waals surface area contributed by atoms with Crippen molar-refractivity contribution < 1.29 is 9.53 Å². The van der Waals surface area contributed by atoms with Crippen LogP contribution >= 0.6 is 35.0 Å². The van der Waals surface area contributed by atoms with Crippen molar-refractivity contribution in [3.05, 3.63) is 58.0 Å². The van der Waals surface area contributed by atoms with E-state index in [9.17, 15) is 4.79 Å². The van der Waals surface area contributed by atoms with Gasteiger partial charge in [0.05, 0.1) is 15.8 Å². The molecule has 3 aromatic rings. The summed E-state index contributed by atoms with van der Waals surface area (Å²) in [5.41, 5.74) is 1.26. The molecule has 7 nitrogen and oxygen atoms in total. The maximum Gasteiger partial charge on any atom is 0.236 e. The minimum Gasteiger partial charge on any atom is -0.486 e. The van der Waals surface area contributed by atoms with Gasteiger partial charge in [-0.25, -0.2) is 4.98 Å². The Morgan fingerprint density at radius 3 is 2.62 bits per heavy atom. The fourth-order valence-electron chi connectivity index (χ4n) is 2.86. The van der Waals surface area contributed by atoms with E-state index in [1.165, 1.54) is 29.6 Å². The number of hydrogen-bond donors (Lipinski definition) is 1. The predicted octanol–water partition coefficient (Wildman–Crippen LogP) is 5.51. The Bertz CT molecular complexity index is 1060. The normalized spacial score (nSPS) is 11.1. The average Bonchev–Trinajstić information content (AvgIpc) is 3.14. The van der Waals surface area contributed by atoms with Gasteiger partial charge in [0.25, 0.3) is 0 Å². The highest BCUT2D eigenvalue weighted by Crippen LogP contribution is 2.24. The monoisotopic (exact) mass is 493 g/mol. The van der Waals surface area contributed by atoms with Gasteiger partial charge in [-0.3, -0.25) is 4.79 Å². The van der Waals surface area contributed by atoms with E-state index in [4.69, 9.17) is 27.9 Å². The fraction of sp³-hybridized carbons (Fsp3) is 0.364. The molecule has 170 valence electrons. The van der Waals surface area contributed by atoms with Crippen molar-refractivity contribution in [2.45, 2.75) is 45.5 Å². The second-order valence-corrected chi connectivity index (χ2v) is 9.30. The number of nitrogens with zero attached hydrogens (tertiary/aromatic N) is 4. The van der Waals surface area contributed by atoms with Gasteiger partial charge in [-0.15, -0.1) is 10.2 Å². The number of aromatic nitrogens is 4. The van der Waals surface area contributed by atoms with E-state index in [2.05, 4.69) is 53.4 Å². The van der Waals surface area contributed by atoms with E-state index < -0.39 is 0 Å². The van der Waals surface area contributed by atoms with E-state index in [0.717, 1.165) is 18.7 Å². The van der Waals surface area contributed by atoms with Crippen LogP contribution in [0.5, 0.6) is 5.75 Å². The van der Waals surface area contributed by atoms with Crippen molar-refractivity contribution in [3.63, 3.8) is 0 Å². The number of thioether (sulfide) groups is 1. The molecule has 10 heteroatoms. The Labute approximate surface area is 201 Å². The molecule has 0 aliphatic carbocycles. The molecule has 1 N–H and O–H groups in total. The quantitative estimate of drug-likeness (QED) is 0.375. The third kappa shape index (κ3) is 6.85. The highest BCUT2D eigenvalue weighted by atomic mass is 35.5. The van der Waals surface area contributed by atoms with E-state index in [0.29, 0.717) is 28.5 Å². The number of anilines is 1. The number of nitrogens with one attached hydrogen (secondary N) is 1. The van der Waals surface area contributed by atoms with Crippen molar-refractivity contribution in [1.82, 2.24) is 19.7 Å². The van der Waals surface area contributed by atoms with Crippen molar-refractivity contribution >= 4 is 46.7 Å². The van der Waals surface area contributed by atoms with E-state index in [1.54, 1.807) is 0 Å². The number of benzene rings is 1. The third-order valence-corrected chi connectivity index (χ3v) is 5.90. The Morgan fingerprint density at radius 2 is 1.97 bits per heavy atom. The maximum absolute atomic E-state index is 12.4. The Kier molecular flexibility index (Phi) is 8.78. The summed E-state index contributed by atoms with van der Waals surface area (Å²) in [6.45, 7) is 7.36. The summed E-state index contributed by atoms with van der Waals surface area (Å²) >= 11 is 13.2. The summed E-state index contributed by atoms with van der Waals surface area (Å²) in [6, 6.07) is 9.54. The molecule has 0 unspecified atom stereocenters. The molecule has 3 rings (SSSR count). The lowest BCUT2D eigenvalue weighted by atomic mass is 10.2. The largest absolute Gasteiger partial charge is 0.486 e. The molecule has 2 heterocycles. The van der Waals surface area contributed by atoms with Gasteiger partial charge < -0.3 is 14.6 Å². The molecule has 2 aromatic heterocycles. The van der Waals surface area contributed by atoms with Gasteiger partial charge in [0, 0.05) is 12.7 Å². The van der Waals surface area contributed by atoms with E-state index in [-0.39, 0.29) is 22.5 Å². The Balaban J connectivity index is 1.63. The first-order chi connectivity index (χ1) is 15.4. The van der Waals surface area contributed by atoms with Crippen molar-refractivity contribution in [1.29, 1.82) is 0 Å². The minimum absolute atomic E-state index is 0.135. The highest BCUT2D eigenvalue weighted by Gasteiger charge is 2.17. The third-order valence-electron chi connectivity index (χ3n) is 4.44. The molecule has 32 heavy (non-hydrogen) atoms. The number of carbonyl (C=O) groups is 1. The second-order valence-electron chi connectivity index (χ2n) is 7.51. The first kappa shape index (κ1) is 24.4. The molecule has 0 saturated heterocycles. The smallest absolute Gasteiger partial charge is 0.236 e. The van der Waals surface area contributed by atoms with E-state index in [1.807, 2.05) is 16.7 Å². The van der Waals surface area contributed by atoms with Gasteiger partial charge in [0.15, 0.2) is 16.8 Å². The molecule has 0 saturated carbocycles. The lowest BCUT2D eigenvalue weighted by Crippen LogP contribution is -2.17. The number of carbonyl (C=O) groups excluding carboxylic acids is 1. The van der Waals surface area contributed by atoms with Gasteiger partial charge in [-0.1, -0.05) is 67.9 Å². The van der Waals surface area contributed by atoms with Crippen molar-refractivity contribution in [3.8, 4) is 5.75 Å². The number of rotatable bonds is 10. The lowest BCUT2D eigenvalue weighted by molar-refractivity contribution is -0.113. The topological polar surface area (TPSA) is 81.9 Å². The van der Waals surface area contributed by atoms with E-state index >= 15 is 0 Å². The second kappa shape index (κ2) is 11.5. The standard InChI is InChI=1S/C22H25Cl2N5O2S/c1-4-15-5-7-17(8-6-15)31-12-19-27-28-22(29(19)11-14(2)3)32-13-20(30)26-21-18(24)9-16(23)10-25-21/h5-10,14H,4,11-13H2,1-3H3,(H,25,26,30). The summed E-state index contributed by atoms with van der Waals surface area (Å²) in [5.74, 6) is 2.02. The van der Waals surface area contributed by atoms with Gasteiger partial charge in [0.1, 0.15) is 12.4 Å². The zero-order valence-corrected chi connectivity index (χ0v) is 20.5. The van der Waals surface area contributed by atoms with Crippen LogP contribution in [-0.2, 0) is 24.4 Å². The first-order valence-corrected chi connectivity index (χ1v) is 12.0.